The Balaban J connectivity index is 1.93. The maximum atomic E-state index is 12.1. The smallest absolute Gasteiger partial charge is 0.422 e. The Labute approximate surface area is 148 Å². The highest BCUT2D eigenvalue weighted by atomic mass is 19.4. The number of amides is 1. The second kappa shape index (κ2) is 8.46. The van der Waals surface area contributed by atoms with Gasteiger partial charge in [0.15, 0.2) is 18.1 Å². The lowest BCUT2D eigenvalue weighted by atomic mass is 10.1. The number of alkyl halides is 3. The summed E-state index contributed by atoms with van der Waals surface area (Å²) < 4.78 is 51.2. The van der Waals surface area contributed by atoms with Gasteiger partial charge in [-0.05, 0) is 42.0 Å². The number of methoxy groups -OCH3 is 2. The van der Waals surface area contributed by atoms with Crippen LogP contribution in [0.5, 0.6) is 17.2 Å². The number of hydrogen-bond donors (Lipinski definition) is 1. The minimum Gasteiger partial charge on any atom is -0.493 e. The number of rotatable bonds is 7. The largest absolute Gasteiger partial charge is 0.493 e. The van der Waals surface area contributed by atoms with Gasteiger partial charge in [0.05, 0.1) is 20.6 Å². The predicted molar refractivity (Wildman–Crippen MR) is 89.9 cm³/mol. The molecule has 2 aromatic rings. The number of ether oxygens (including phenoxy) is 3. The zero-order valence-corrected chi connectivity index (χ0v) is 14.2. The van der Waals surface area contributed by atoms with Crippen LogP contribution in [0.4, 0.5) is 18.9 Å². The van der Waals surface area contributed by atoms with Crippen molar-refractivity contribution >= 4 is 11.6 Å². The zero-order chi connectivity index (χ0) is 19.2. The molecule has 2 aromatic carbocycles. The van der Waals surface area contributed by atoms with Gasteiger partial charge in [-0.1, -0.05) is 6.07 Å². The van der Waals surface area contributed by atoms with Crippen LogP contribution in [0.2, 0.25) is 0 Å². The van der Waals surface area contributed by atoms with E-state index in [1.165, 1.54) is 38.5 Å². The van der Waals surface area contributed by atoms with Crippen molar-refractivity contribution < 1.29 is 32.2 Å². The van der Waals surface area contributed by atoms with Crippen LogP contribution in [0.1, 0.15) is 5.56 Å². The molecular formula is C18H18F3NO4. The summed E-state index contributed by atoms with van der Waals surface area (Å²) in [5, 5.41) is 2.67. The van der Waals surface area contributed by atoms with E-state index < -0.39 is 12.8 Å². The molecule has 26 heavy (non-hydrogen) atoms. The van der Waals surface area contributed by atoms with Crippen LogP contribution in [0.3, 0.4) is 0 Å². The summed E-state index contributed by atoms with van der Waals surface area (Å²) in [4.78, 5) is 12.1. The first-order chi connectivity index (χ1) is 12.3. The monoisotopic (exact) mass is 369 g/mol. The molecule has 0 saturated carbocycles. The summed E-state index contributed by atoms with van der Waals surface area (Å²) >= 11 is 0. The van der Waals surface area contributed by atoms with Crippen LogP contribution in [-0.2, 0) is 11.2 Å². The van der Waals surface area contributed by atoms with Gasteiger partial charge in [-0.15, -0.1) is 0 Å². The fraction of sp³-hybridized carbons (Fsp3) is 0.278. The Morgan fingerprint density at radius 2 is 1.65 bits per heavy atom. The SMILES string of the molecule is COc1ccc(CC(=O)Nc2ccc(OCC(F)(F)F)cc2)cc1OC. The fourth-order valence-corrected chi connectivity index (χ4v) is 2.18. The minimum absolute atomic E-state index is 0.0696. The molecule has 0 atom stereocenters. The highest BCUT2D eigenvalue weighted by molar-refractivity contribution is 5.92. The van der Waals surface area contributed by atoms with Crippen LogP contribution in [0.25, 0.3) is 0 Å². The van der Waals surface area contributed by atoms with Crippen LogP contribution in [0.15, 0.2) is 42.5 Å². The van der Waals surface area contributed by atoms with Crippen molar-refractivity contribution in [3.05, 3.63) is 48.0 Å². The normalized spacial score (nSPS) is 11.0. The van der Waals surface area contributed by atoms with Crippen molar-refractivity contribution in [2.45, 2.75) is 12.6 Å². The average molecular weight is 369 g/mol. The first kappa shape index (κ1) is 19.4. The van der Waals surface area contributed by atoms with Crippen molar-refractivity contribution in [3.8, 4) is 17.2 Å². The molecule has 0 aliphatic rings. The van der Waals surface area contributed by atoms with Crippen molar-refractivity contribution in [1.82, 2.24) is 0 Å². The maximum absolute atomic E-state index is 12.1. The number of carbonyl (C=O) groups is 1. The summed E-state index contributed by atoms with van der Waals surface area (Å²) in [5.41, 5.74) is 1.18. The quantitative estimate of drug-likeness (QED) is 0.806. The predicted octanol–water partition coefficient (Wildman–Crippen LogP) is 3.83. The summed E-state index contributed by atoms with van der Waals surface area (Å²) in [5.74, 6) is 0.872. The molecule has 8 heteroatoms. The standard InChI is InChI=1S/C18H18F3NO4/c1-24-15-8-3-12(9-16(15)25-2)10-17(23)22-13-4-6-14(7-5-13)26-11-18(19,20)21/h3-9H,10-11H2,1-2H3,(H,22,23). The van der Waals surface area contributed by atoms with Gasteiger partial charge in [0.1, 0.15) is 5.75 Å². The van der Waals surface area contributed by atoms with E-state index >= 15 is 0 Å². The van der Waals surface area contributed by atoms with E-state index in [1.54, 1.807) is 18.2 Å². The molecule has 0 aliphatic heterocycles. The van der Waals surface area contributed by atoms with E-state index in [1.807, 2.05) is 0 Å². The first-order valence-electron chi connectivity index (χ1n) is 7.61. The highest BCUT2D eigenvalue weighted by Gasteiger charge is 2.28. The number of benzene rings is 2. The van der Waals surface area contributed by atoms with Gasteiger partial charge in [-0.3, -0.25) is 4.79 Å². The molecule has 0 aromatic heterocycles. The van der Waals surface area contributed by atoms with E-state index in [2.05, 4.69) is 10.1 Å². The molecule has 0 heterocycles. The summed E-state index contributed by atoms with van der Waals surface area (Å²) in [6, 6.07) is 10.8. The van der Waals surface area contributed by atoms with E-state index in [9.17, 15) is 18.0 Å². The van der Waals surface area contributed by atoms with E-state index in [4.69, 9.17) is 9.47 Å². The zero-order valence-electron chi connectivity index (χ0n) is 14.2. The fourth-order valence-electron chi connectivity index (χ4n) is 2.18. The number of nitrogens with one attached hydrogen (secondary N) is 1. The molecular weight excluding hydrogens is 351 g/mol. The molecule has 0 bridgehead atoms. The van der Waals surface area contributed by atoms with Crippen molar-refractivity contribution in [3.63, 3.8) is 0 Å². The van der Waals surface area contributed by atoms with E-state index in [-0.39, 0.29) is 18.1 Å². The molecule has 0 saturated heterocycles. The van der Waals surface area contributed by atoms with Gasteiger partial charge in [-0.25, -0.2) is 0 Å². The van der Waals surface area contributed by atoms with Crippen LogP contribution < -0.4 is 19.5 Å². The Morgan fingerprint density at radius 3 is 2.23 bits per heavy atom. The Hall–Kier alpha value is -2.90. The average Bonchev–Trinajstić information content (AvgIpc) is 2.60. The molecule has 0 aliphatic carbocycles. The lowest BCUT2D eigenvalue weighted by Crippen LogP contribution is -2.19. The molecule has 5 nitrogen and oxygen atoms in total. The van der Waals surface area contributed by atoms with Gasteiger partial charge in [0.2, 0.25) is 5.91 Å². The third-order valence-electron chi connectivity index (χ3n) is 3.35. The van der Waals surface area contributed by atoms with Gasteiger partial charge in [-0.2, -0.15) is 13.2 Å². The molecule has 140 valence electrons. The Kier molecular flexibility index (Phi) is 6.32. The van der Waals surface area contributed by atoms with Crippen LogP contribution >= 0.6 is 0 Å². The number of carbonyl (C=O) groups excluding carboxylic acids is 1. The lowest BCUT2D eigenvalue weighted by molar-refractivity contribution is -0.153. The number of anilines is 1. The van der Waals surface area contributed by atoms with E-state index in [0.29, 0.717) is 17.2 Å². The molecule has 1 N–H and O–H groups in total. The third-order valence-corrected chi connectivity index (χ3v) is 3.35. The van der Waals surface area contributed by atoms with Crippen LogP contribution in [0, 0.1) is 0 Å². The van der Waals surface area contributed by atoms with Crippen molar-refractivity contribution in [2.75, 3.05) is 26.1 Å². The summed E-state index contributed by atoms with van der Waals surface area (Å²) in [7, 11) is 3.02. The van der Waals surface area contributed by atoms with Crippen molar-refractivity contribution in [2.24, 2.45) is 0 Å². The summed E-state index contributed by atoms with van der Waals surface area (Å²) in [6.07, 6.45) is -4.29. The molecule has 1 amide bonds. The summed E-state index contributed by atoms with van der Waals surface area (Å²) in [6.45, 7) is -1.36. The van der Waals surface area contributed by atoms with E-state index in [0.717, 1.165) is 5.56 Å². The molecule has 0 spiro atoms. The van der Waals surface area contributed by atoms with Gasteiger partial charge in [0.25, 0.3) is 0 Å². The highest BCUT2D eigenvalue weighted by Crippen LogP contribution is 2.28. The molecule has 2 rings (SSSR count). The Bertz CT molecular complexity index is 745. The number of halogens is 3. The number of hydrogen-bond acceptors (Lipinski definition) is 4. The van der Waals surface area contributed by atoms with Gasteiger partial charge >= 0.3 is 6.18 Å². The second-order valence-electron chi connectivity index (χ2n) is 5.34. The lowest BCUT2D eigenvalue weighted by Gasteiger charge is -2.11. The first-order valence-corrected chi connectivity index (χ1v) is 7.61. The molecule has 0 unspecified atom stereocenters. The van der Waals surface area contributed by atoms with Crippen molar-refractivity contribution in [1.29, 1.82) is 0 Å². The van der Waals surface area contributed by atoms with Gasteiger partial charge in [0, 0.05) is 5.69 Å². The van der Waals surface area contributed by atoms with Gasteiger partial charge < -0.3 is 19.5 Å². The topological polar surface area (TPSA) is 56.8 Å². The molecule has 0 radical (unpaired) electrons. The third kappa shape index (κ3) is 5.87. The minimum atomic E-state index is -4.40. The second-order valence-corrected chi connectivity index (χ2v) is 5.34. The maximum Gasteiger partial charge on any atom is 0.422 e. The van der Waals surface area contributed by atoms with Crippen LogP contribution in [-0.4, -0.2) is 32.9 Å². The Morgan fingerprint density at radius 1 is 1.00 bits per heavy atom. The molecule has 0 fully saturated rings.